The second-order valence-corrected chi connectivity index (χ2v) is 7.76. The number of benzene rings is 1. The van der Waals surface area contributed by atoms with E-state index in [-0.39, 0.29) is 4.90 Å². The zero-order chi connectivity index (χ0) is 15.6. The number of hydrogen-bond donors (Lipinski definition) is 1. The molecule has 1 heterocycles. The van der Waals surface area contributed by atoms with E-state index < -0.39 is 22.0 Å². The average molecular weight is 377 g/mol. The van der Waals surface area contributed by atoms with Crippen molar-refractivity contribution < 1.29 is 18.3 Å². The fourth-order valence-corrected chi connectivity index (χ4v) is 3.93. The molecule has 116 valence electrons. The van der Waals surface area contributed by atoms with Crippen LogP contribution in [0.5, 0.6) is 0 Å². The maximum atomic E-state index is 12.5. The molecule has 0 amide bonds. The fourth-order valence-electron chi connectivity index (χ4n) is 2.24. The van der Waals surface area contributed by atoms with Crippen LogP contribution >= 0.6 is 15.9 Å². The molecule has 8 heteroatoms. The van der Waals surface area contributed by atoms with E-state index >= 15 is 0 Å². The monoisotopic (exact) mass is 376 g/mol. The second kappa shape index (κ2) is 6.43. The van der Waals surface area contributed by atoms with Crippen LogP contribution < -0.4 is 0 Å². The van der Waals surface area contributed by atoms with E-state index in [1.807, 2.05) is 0 Å². The first kappa shape index (κ1) is 16.4. The Hall–Kier alpha value is -0.960. The lowest BCUT2D eigenvalue weighted by Crippen LogP contribution is -2.53. The predicted molar refractivity (Wildman–Crippen MR) is 81.6 cm³/mol. The van der Waals surface area contributed by atoms with Crippen LogP contribution in [0.2, 0.25) is 0 Å². The molecule has 1 aliphatic heterocycles. The molecule has 0 bridgehead atoms. The summed E-state index contributed by atoms with van der Waals surface area (Å²) in [5, 5.41) is 8.99. The van der Waals surface area contributed by atoms with Gasteiger partial charge in [-0.1, -0.05) is 15.9 Å². The van der Waals surface area contributed by atoms with E-state index in [1.165, 1.54) is 4.31 Å². The molecule has 1 fully saturated rings. The summed E-state index contributed by atoms with van der Waals surface area (Å²) in [5.74, 6) is -0.890. The van der Waals surface area contributed by atoms with Crippen molar-refractivity contribution in [3.63, 3.8) is 0 Å². The van der Waals surface area contributed by atoms with E-state index in [2.05, 4.69) is 15.9 Å². The van der Waals surface area contributed by atoms with Crippen LogP contribution in [-0.4, -0.2) is 60.9 Å². The molecule has 1 saturated heterocycles. The Bertz CT molecular complexity index is 610. The molecule has 1 N–H and O–H groups in total. The molecule has 21 heavy (non-hydrogen) atoms. The maximum absolute atomic E-state index is 12.5. The summed E-state index contributed by atoms with van der Waals surface area (Å²) in [6, 6.07) is 5.91. The van der Waals surface area contributed by atoms with E-state index in [1.54, 1.807) is 36.1 Å². The van der Waals surface area contributed by atoms with Crippen LogP contribution in [0.1, 0.15) is 6.92 Å². The van der Waals surface area contributed by atoms with Crippen molar-refractivity contribution in [2.45, 2.75) is 17.9 Å². The molecule has 2 rings (SSSR count). The summed E-state index contributed by atoms with van der Waals surface area (Å²) < 4.78 is 27.2. The number of carbonyl (C=O) groups is 1. The molecule has 1 atom stereocenters. The highest BCUT2D eigenvalue weighted by Crippen LogP contribution is 2.20. The molecule has 1 aromatic rings. The largest absolute Gasteiger partial charge is 0.480 e. The average Bonchev–Trinajstić information content (AvgIpc) is 2.47. The summed E-state index contributed by atoms with van der Waals surface area (Å²) in [5.41, 5.74) is 0. The summed E-state index contributed by atoms with van der Waals surface area (Å²) in [6.07, 6.45) is 0. The highest BCUT2D eigenvalue weighted by Gasteiger charge is 2.31. The van der Waals surface area contributed by atoms with E-state index in [0.717, 1.165) is 4.47 Å². The van der Waals surface area contributed by atoms with Crippen molar-refractivity contribution in [2.24, 2.45) is 0 Å². The number of aliphatic carboxylic acids is 1. The molecule has 6 nitrogen and oxygen atoms in total. The molecule has 1 aliphatic rings. The Morgan fingerprint density at radius 3 is 2.19 bits per heavy atom. The third kappa shape index (κ3) is 3.63. The number of sulfonamides is 1. The zero-order valence-corrected chi connectivity index (χ0v) is 14.0. The van der Waals surface area contributed by atoms with Crippen LogP contribution in [0.3, 0.4) is 0 Å². The van der Waals surface area contributed by atoms with Crippen molar-refractivity contribution in [3.05, 3.63) is 28.7 Å². The summed E-state index contributed by atoms with van der Waals surface area (Å²) in [4.78, 5) is 13.0. The highest BCUT2D eigenvalue weighted by atomic mass is 79.9. The normalized spacial score (nSPS) is 19.3. The van der Waals surface area contributed by atoms with Crippen molar-refractivity contribution in [1.82, 2.24) is 9.21 Å². The maximum Gasteiger partial charge on any atom is 0.320 e. The number of nitrogens with zero attached hydrogens (tertiary/aromatic N) is 2. The minimum absolute atomic E-state index is 0.255. The van der Waals surface area contributed by atoms with Gasteiger partial charge in [-0.3, -0.25) is 9.69 Å². The summed E-state index contributed by atoms with van der Waals surface area (Å²) >= 11 is 3.27. The molecule has 0 radical (unpaired) electrons. The van der Waals surface area contributed by atoms with Crippen molar-refractivity contribution in [1.29, 1.82) is 0 Å². The highest BCUT2D eigenvalue weighted by molar-refractivity contribution is 9.10. The number of carboxylic acids is 1. The molecule has 0 spiro atoms. The minimum atomic E-state index is -3.51. The van der Waals surface area contributed by atoms with Crippen molar-refractivity contribution in [2.75, 3.05) is 26.2 Å². The standard InChI is InChI=1S/C13H17BrN2O4S/c1-10(13(17)18)15-6-8-16(9-7-15)21(19,20)12-4-2-11(14)3-5-12/h2-5,10H,6-9H2,1H3,(H,17,18). The first-order valence-electron chi connectivity index (χ1n) is 6.55. The molecule has 0 saturated carbocycles. The lowest BCUT2D eigenvalue weighted by Gasteiger charge is -2.35. The van der Waals surface area contributed by atoms with Crippen LogP contribution in [0.15, 0.2) is 33.6 Å². The zero-order valence-electron chi connectivity index (χ0n) is 11.6. The number of halogens is 1. The number of piperazine rings is 1. The Kier molecular flexibility index (Phi) is 5.03. The Morgan fingerprint density at radius 1 is 1.19 bits per heavy atom. The molecule has 0 aliphatic carbocycles. The van der Waals surface area contributed by atoms with Gasteiger partial charge < -0.3 is 5.11 Å². The van der Waals surface area contributed by atoms with Crippen LogP contribution in [0.25, 0.3) is 0 Å². The predicted octanol–water partition coefficient (Wildman–Crippen LogP) is 1.23. The lowest BCUT2D eigenvalue weighted by atomic mass is 10.2. The third-order valence-corrected chi connectivity index (χ3v) is 6.07. The first-order chi connectivity index (χ1) is 9.82. The van der Waals surface area contributed by atoms with Crippen LogP contribution in [0.4, 0.5) is 0 Å². The summed E-state index contributed by atoms with van der Waals surface area (Å²) in [6.45, 7) is 3.06. The van der Waals surface area contributed by atoms with E-state index in [4.69, 9.17) is 5.11 Å². The third-order valence-electron chi connectivity index (χ3n) is 3.63. The second-order valence-electron chi connectivity index (χ2n) is 4.91. The first-order valence-corrected chi connectivity index (χ1v) is 8.78. The van der Waals surface area contributed by atoms with Crippen LogP contribution in [-0.2, 0) is 14.8 Å². The lowest BCUT2D eigenvalue weighted by molar-refractivity contribution is -0.143. The number of rotatable bonds is 4. The van der Waals surface area contributed by atoms with Gasteiger partial charge in [0.25, 0.3) is 0 Å². The SMILES string of the molecule is CC(C(=O)O)N1CCN(S(=O)(=O)c2ccc(Br)cc2)CC1. The molecule has 1 unspecified atom stereocenters. The smallest absolute Gasteiger partial charge is 0.320 e. The van der Waals surface area contributed by atoms with Gasteiger partial charge in [-0.05, 0) is 31.2 Å². The number of hydrogen-bond acceptors (Lipinski definition) is 4. The van der Waals surface area contributed by atoms with E-state index in [9.17, 15) is 13.2 Å². The Morgan fingerprint density at radius 2 is 1.71 bits per heavy atom. The van der Waals surface area contributed by atoms with E-state index in [0.29, 0.717) is 26.2 Å². The van der Waals surface area contributed by atoms with Gasteiger partial charge in [0, 0.05) is 30.7 Å². The van der Waals surface area contributed by atoms with Gasteiger partial charge >= 0.3 is 5.97 Å². The van der Waals surface area contributed by atoms with Crippen LogP contribution in [0, 0.1) is 0 Å². The molecule has 1 aromatic carbocycles. The minimum Gasteiger partial charge on any atom is -0.480 e. The summed E-state index contributed by atoms with van der Waals surface area (Å²) in [7, 11) is -3.51. The van der Waals surface area contributed by atoms with Gasteiger partial charge in [0.1, 0.15) is 6.04 Å². The Balaban J connectivity index is 2.07. The van der Waals surface area contributed by atoms with Crippen molar-refractivity contribution >= 4 is 31.9 Å². The Labute approximate surface area is 132 Å². The van der Waals surface area contributed by atoms with Gasteiger partial charge in [0.2, 0.25) is 10.0 Å². The topological polar surface area (TPSA) is 77.9 Å². The molecular formula is C13H17BrN2O4S. The van der Waals surface area contributed by atoms with Gasteiger partial charge in [0.15, 0.2) is 0 Å². The van der Waals surface area contributed by atoms with Gasteiger partial charge in [-0.15, -0.1) is 0 Å². The van der Waals surface area contributed by atoms with Crippen molar-refractivity contribution in [3.8, 4) is 0 Å². The molecule has 0 aromatic heterocycles. The molecular weight excluding hydrogens is 360 g/mol. The quantitative estimate of drug-likeness (QED) is 0.854. The van der Waals surface area contributed by atoms with Gasteiger partial charge in [-0.25, -0.2) is 8.42 Å². The number of carboxylic acid groups (broad SMARTS) is 1. The fraction of sp³-hybridized carbons (Fsp3) is 0.462. The van der Waals surface area contributed by atoms with Gasteiger partial charge in [0.05, 0.1) is 4.90 Å². The van der Waals surface area contributed by atoms with Gasteiger partial charge in [-0.2, -0.15) is 4.31 Å².